The Labute approximate surface area is 212 Å². The van der Waals surface area contributed by atoms with Crippen molar-refractivity contribution in [3.8, 4) is 0 Å². The molecule has 0 unspecified atom stereocenters. The Morgan fingerprint density at radius 3 is 2.26 bits per heavy atom. The van der Waals surface area contributed by atoms with Gasteiger partial charge in [-0.25, -0.2) is 4.79 Å². The molecule has 8 heteroatoms. The van der Waals surface area contributed by atoms with Crippen LogP contribution in [0.5, 0.6) is 0 Å². The summed E-state index contributed by atoms with van der Waals surface area (Å²) in [5.41, 5.74) is 2.00. The molecule has 2 aromatic rings. The van der Waals surface area contributed by atoms with E-state index in [0.717, 1.165) is 37.1 Å². The van der Waals surface area contributed by atoms with Crippen molar-refractivity contribution in [3.05, 3.63) is 71.3 Å². The predicted molar refractivity (Wildman–Crippen MR) is 135 cm³/mol. The highest BCUT2D eigenvalue weighted by Gasteiger charge is 2.45. The van der Waals surface area contributed by atoms with Gasteiger partial charge in [-0.2, -0.15) is 0 Å². The first-order valence-corrected chi connectivity index (χ1v) is 12.2. The summed E-state index contributed by atoms with van der Waals surface area (Å²) < 4.78 is 5.73. The number of ether oxygens (including phenoxy) is 1. The average Bonchev–Trinajstić information content (AvgIpc) is 3.18. The summed E-state index contributed by atoms with van der Waals surface area (Å²) in [7, 11) is 0. The summed E-state index contributed by atoms with van der Waals surface area (Å²) in [5.74, 6) is 0.132. The molecule has 3 saturated heterocycles. The molecule has 7 nitrogen and oxygen atoms in total. The molecule has 0 bridgehead atoms. The highest BCUT2D eigenvalue weighted by Crippen LogP contribution is 2.32. The zero-order chi connectivity index (χ0) is 23.5. The van der Waals surface area contributed by atoms with E-state index in [9.17, 15) is 14.4 Å². The zero-order valence-corrected chi connectivity index (χ0v) is 20.6. The molecule has 0 atom stereocenters. The monoisotopic (exact) mass is 497 g/mol. The van der Waals surface area contributed by atoms with Gasteiger partial charge in [0.05, 0.1) is 6.54 Å². The van der Waals surface area contributed by atoms with E-state index in [0.29, 0.717) is 44.6 Å². The third kappa shape index (κ3) is 5.52. The third-order valence-electron chi connectivity index (χ3n) is 7.34. The standard InChI is InChI=1S/C27H31N3O4.ClH/c31-24(21-4-2-1-3-5-21)22-10-16-29(17-11-22)25(32)23-8-6-20(7-9-23)18-30-19-27(34-26(30)33)12-14-28-15-13-27;/h1-9,22,28H,10-19H2;1H. The van der Waals surface area contributed by atoms with E-state index in [-0.39, 0.29) is 41.7 Å². The van der Waals surface area contributed by atoms with Crippen LogP contribution in [-0.4, -0.2) is 65.9 Å². The Morgan fingerprint density at radius 2 is 1.60 bits per heavy atom. The maximum atomic E-state index is 13.0. The lowest BCUT2D eigenvalue weighted by atomic mass is 9.88. The molecule has 3 aliphatic heterocycles. The number of hydrogen-bond acceptors (Lipinski definition) is 5. The number of halogens is 1. The summed E-state index contributed by atoms with van der Waals surface area (Å²) in [4.78, 5) is 41.7. The van der Waals surface area contributed by atoms with Gasteiger partial charge >= 0.3 is 6.09 Å². The van der Waals surface area contributed by atoms with Crippen molar-refractivity contribution >= 4 is 30.2 Å². The van der Waals surface area contributed by atoms with Crippen molar-refractivity contribution in [2.24, 2.45) is 5.92 Å². The Morgan fingerprint density at radius 1 is 0.943 bits per heavy atom. The summed E-state index contributed by atoms with van der Waals surface area (Å²) in [5, 5.41) is 3.31. The van der Waals surface area contributed by atoms with Gasteiger partial charge in [0.1, 0.15) is 5.60 Å². The van der Waals surface area contributed by atoms with Crippen LogP contribution in [0, 0.1) is 5.92 Å². The Balaban J connectivity index is 0.00000289. The molecule has 0 radical (unpaired) electrons. The molecule has 2 amide bonds. The minimum absolute atomic E-state index is 0. The topological polar surface area (TPSA) is 79.0 Å². The molecule has 5 rings (SSSR count). The fraction of sp³-hybridized carbons (Fsp3) is 0.444. The second-order valence-electron chi connectivity index (χ2n) is 9.65. The molecule has 186 valence electrons. The summed E-state index contributed by atoms with van der Waals surface area (Å²) in [6, 6.07) is 16.9. The van der Waals surface area contributed by atoms with Crippen LogP contribution in [0.2, 0.25) is 0 Å². The number of ketones is 1. The predicted octanol–water partition coefficient (Wildman–Crippen LogP) is 3.92. The van der Waals surface area contributed by atoms with E-state index in [2.05, 4.69) is 5.32 Å². The minimum Gasteiger partial charge on any atom is -0.441 e. The number of Topliss-reactive ketones (excluding diaryl/α,β-unsaturated/α-hetero) is 1. The molecule has 3 fully saturated rings. The fourth-order valence-corrected chi connectivity index (χ4v) is 5.30. The van der Waals surface area contributed by atoms with E-state index in [1.165, 1.54) is 0 Å². The number of nitrogens with zero attached hydrogens (tertiary/aromatic N) is 2. The number of rotatable bonds is 5. The van der Waals surface area contributed by atoms with E-state index in [1.807, 2.05) is 59.5 Å². The largest absolute Gasteiger partial charge is 0.441 e. The number of likely N-dealkylation sites (tertiary alicyclic amines) is 1. The molecule has 1 spiro atoms. The molecule has 0 saturated carbocycles. The molecule has 35 heavy (non-hydrogen) atoms. The second-order valence-corrected chi connectivity index (χ2v) is 9.65. The van der Waals surface area contributed by atoms with Crippen LogP contribution in [0.4, 0.5) is 4.79 Å². The van der Waals surface area contributed by atoms with Crippen molar-refractivity contribution in [1.82, 2.24) is 15.1 Å². The van der Waals surface area contributed by atoms with E-state index in [4.69, 9.17) is 4.74 Å². The first-order valence-electron chi connectivity index (χ1n) is 12.2. The smallest absolute Gasteiger partial charge is 0.410 e. The number of piperidine rings is 2. The van der Waals surface area contributed by atoms with Gasteiger partial charge in [0.25, 0.3) is 5.91 Å². The van der Waals surface area contributed by atoms with E-state index in [1.54, 1.807) is 4.90 Å². The number of nitrogens with one attached hydrogen (secondary N) is 1. The fourth-order valence-electron chi connectivity index (χ4n) is 5.30. The van der Waals surface area contributed by atoms with Crippen molar-refractivity contribution in [2.75, 3.05) is 32.7 Å². The van der Waals surface area contributed by atoms with Crippen LogP contribution >= 0.6 is 12.4 Å². The lowest BCUT2D eigenvalue weighted by molar-refractivity contribution is 0.0316. The highest BCUT2D eigenvalue weighted by atomic mass is 35.5. The SMILES string of the molecule is Cl.O=C(c1ccccc1)C1CCN(C(=O)c2ccc(CN3CC4(CCNCC4)OC3=O)cc2)CC1. The molecular weight excluding hydrogens is 466 g/mol. The Hall–Kier alpha value is -2.90. The quantitative estimate of drug-likeness (QED) is 0.633. The molecule has 0 aliphatic carbocycles. The van der Waals surface area contributed by atoms with Crippen LogP contribution in [0.3, 0.4) is 0 Å². The van der Waals surface area contributed by atoms with Crippen molar-refractivity contribution in [3.63, 3.8) is 0 Å². The third-order valence-corrected chi connectivity index (χ3v) is 7.34. The van der Waals surface area contributed by atoms with Gasteiger partial charge in [-0.3, -0.25) is 14.5 Å². The Bertz CT molecular complexity index is 1050. The number of amides is 2. The normalized spacial score (nSPS) is 19.8. The van der Waals surface area contributed by atoms with Crippen molar-refractivity contribution in [1.29, 1.82) is 0 Å². The number of carbonyl (C=O) groups is 3. The van der Waals surface area contributed by atoms with Gasteiger partial charge in [-0.15, -0.1) is 12.4 Å². The summed E-state index contributed by atoms with van der Waals surface area (Å²) >= 11 is 0. The molecule has 2 aromatic carbocycles. The van der Waals surface area contributed by atoms with E-state index >= 15 is 0 Å². The number of carbonyl (C=O) groups excluding carboxylic acids is 3. The first-order chi connectivity index (χ1) is 16.5. The minimum atomic E-state index is -0.355. The Kier molecular flexibility index (Phi) is 7.77. The van der Waals surface area contributed by atoms with Crippen molar-refractivity contribution < 1.29 is 19.1 Å². The first kappa shape index (κ1) is 25.2. The maximum absolute atomic E-state index is 13.0. The van der Waals surface area contributed by atoms with Crippen LogP contribution in [0.1, 0.15) is 52.0 Å². The van der Waals surface area contributed by atoms with Gasteiger partial charge in [-0.1, -0.05) is 42.5 Å². The lowest BCUT2D eigenvalue weighted by Crippen LogP contribution is -2.44. The van der Waals surface area contributed by atoms with Gasteiger partial charge in [0, 0.05) is 49.5 Å². The molecule has 0 aromatic heterocycles. The van der Waals surface area contributed by atoms with Gasteiger partial charge < -0.3 is 15.0 Å². The lowest BCUT2D eigenvalue weighted by Gasteiger charge is -2.31. The van der Waals surface area contributed by atoms with Gasteiger partial charge in [0.15, 0.2) is 5.78 Å². The van der Waals surface area contributed by atoms with Crippen LogP contribution in [-0.2, 0) is 11.3 Å². The summed E-state index contributed by atoms with van der Waals surface area (Å²) in [6.45, 7) is 4.01. The van der Waals surface area contributed by atoms with Crippen molar-refractivity contribution in [2.45, 2.75) is 37.8 Å². The average molecular weight is 498 g/mol. The summed E-state index contributed by atoms with van der Waals surface area (Å²) in [6.07, 6.45) is 2.81. The molecule has 3 heterocycles. The van der Waals surface area contributed by atoms with Crippen LogP contribution in [0.25, 0.3) is 0 Å². The highest BCUT2D eigenvalue weighted by molar-refractivity contribution is 5.98. The van der Waals surface area contributed by atoms with Crippen LogP contribution in [0.15, 0.2) is 54.6 Å². The van der Waals surface area contributed by atoms with E-state index < -0.39 is 0 Å². The van der Waals surface area contributed by atoms with Gasteiger partial charge in [-0.05, 0) is 43.6 Å². The molecule has 3 aliphatic rings. The molecule has 1 N–H and O–H groups in total. The van der Waals surface area contributed by atoms with Gasteiger partial charge in [0.2, 0.25) is 0 Å². The number of hydrogen-bond donors (Lipinski definition) is 1. The zero-order valence-electron chi connectivity index (χ0n) is 19.8. The second kappa shape index (κ2) is 10.8. The maximum Gasteiger partial charge on any atom is 0.410 e. The van der Waals surface area contributed by atoms with Crippen LogP contribution < -0.4 is 5.32 Å². The molecular formula is C27H32ClN3O4. The number of benzene rings is 2.